The molecule has 0 bridgehead atoms. The van der Waals surface area contributed by atoms with Gasteiger partial charge in [-0.25, -0.2) is 0 Å². The Hall–Kier alpha value is -0.780. The van der Waals surface area contributed by atoms with Crippen LogP contribution < -0.4 is 0 Å². The third kappa shape index (κ3) is 2.88. The summed E-state index contributed by atoms with van der Waals surface area (Å²) in [5, 5.41) is 15.0. The van der Waals surface area contributed by atoms with E-state index in [4.69, 9.17) is 16.0 Å². The third-order valence-corrected chi connectivity index (χ3v) is 4.31. The molecule has 4 nitrogen and oxygen atoms in total. The topological polar surface area (TPSA) is 51.2 Å². The van der Waals surface area contributed by atoms with Crippen molar-refractivity contribution >= 4 is 27.5 Å². The van der Waals surface area contributed by atoms with E-state index in [1.54, 1.807) is 6.07 Å². The predicted octanol–water partition coefficient (Wildman–Crippen LogP) is 3.75. The van der Waals surface area contributed by atoms with E-state index < -0.39 is 6.10 Å². The van der Waals surface area contributed by atoms with E-state index >= 15 is 0 Å². The summed E-state index contributed by atoms with van der Waals surface area (Å²) in [5.74, 6) is 0. The molecule has 0 radical (unpaired) electrons. The van der Waals surface area contributed by atoms with Crippen LogP contribution in [0.3, 0.4) is 0 Å². The highest BCUT2D eigenvalue weighted by molar-refractivity contribution is 9.10. The highest BCUT2D eigenvalue weighted by Gasteiger charge is 2.20. The first-order valence-electron chi connectivity index (χ1n) is 6.23. The van der Waals surface area contributed by atoms with Gasteiger partial charge in [-0.3, -0.25) is 4.68 Å². The zero-order valence-electron chi connectivity index (χ0n) is 10.9. The lowest BCUT2D eigenvalue weighted by atomic mass is 10.1. The van der Waals surface area contributed by atoms with E-state index in [1.807, 2.05) is 11.6 Å². The van der Waals surface area contributed by atoms with Crippen molar-refractivity contribution in [2.45, 2.75) is 39.3 Å². The standard InChI is InChI=1S/C13H16BrClN2O2/c1-3-9-12(14)10(17(4-2)16-9)7-11(18)8-5-6-19-13(8)15/h5-6,11,18H,3-4,7H2,1-2H3. The first-order valence-corrected chi connectivity index (χ1v) is 7.40. The van der Waals surface area contributed by atoms with E-state index in [0.29, 0.717) is 12.0 Å². The number of aromatic nitrogens is 2. The minimum absolute atomic E-state index is 0.238. The molecule has 0 aromatic carbocycles. The number of halogens is 2. The Bertz CT molecular complexity index is 565. The molecule has 2 aromatic heterocycles. The summed E-state index contributed by atoms with van der Waals surface area (Å²) in [6, 6.07) is 1.69. The molecule has 1 atom stereocenters. The van der Waals surface area contributed by atoms with Crippen molar-refractivity contribution in [2.24, 2.45) is 0 Å². The number of aryl methyl sites for hydroxylation is 2. The molecule has 2 rings (SSSR count). The maximum absolute atomic E-state index is 10.3. The molecule has 104 valence electrons. The minimum Gasteiger partial charge on any atom is -0.453 e. The number of aliphatic hydroxyl groups excluding tert-OH is 1. The summed E-state index contributed by atoms with van der Waals surface area (Å²) in [6.07, 6.45) is 2.07. The van der Waals surface area contributed by atoms with Gasteiger partial charge in [-0.15, -0.1) is 0 Å². The van der Waals surface area contributed by atoms with Gasteiger partial charge in [0.2, 0.25) is 0 Å². The highest BCUT2D eigenvalue weighted by atomic mass is 79.9. The number of furan rings is 1. The largest absolute Gasteiger partial charge is 0.453 e. The molecular formula is C13H16BrClN2O2. The smallest absolute Gasteiger partial charge is 0.198 e. The SMILES string of the molecule is CCc1nn(CC)c(CC(O)c2ccoc2Cl)c1Br. The summed E-state index contributed by atoms with van der Waals surface area (Å²) in [5.41, 5.74) is 2.59. The fraction of sp³-hybridized carbons (Fsp3) is 0.462. The fourth-order valence-electron chi connectivity index (χ4n) is 2.05. The molecule has 6 heteroatoms. The van der Waals surface area contributed by atoms with Crippen molar-refractivity contribution in [3.8, 4) is 0 Å². The molecule has 2 heterocycles. The number of rotatable bonds is 5. The van der Waals surface area contributed by atoms with Gasteiger partial charge in [0.05, 0.1) is 28.2 Å². The van der Waals surface area contributed by atoms with Crippen LogP contribution in [0.1, 0.15) is 36.9 Å². The maximum atomic E-state index is 10.3. The minimum atomic E-state index is -0.700. The van der Waals surface area contributed by atoms with Crippen molar-refractivity contribution < 1.29 is 9.52 Å². The van der Waals surface area contributed by atoms with Crippen LogP contribution in [-0.4, -0.2) is 14.9 Å². The van der Waals surface area contributed by atoms with Crippen LogP contribution >= 0.6 is 27.5 Å². The van der Waals surface area contributed by atoms with Crippen molar-refractivity contribution in [1.82, 2.24) is 9.78 Å². The zero-order chi connectivity index (χ0) is 14.0. The summed E-state index contributed by atoms with van der Waals surface area (Å²) >= 11 is 9.45. The average molecular weight is 348 g/mol. The van der Waals surface area contributed by atoms with E-state index in [9.17, 15) is 5.11 Å². The number of aliphatic hydroxyl groups is 1. The molecular weight excluding hydrogens is 332 g/mol. The molecule has 1 N–H and O–H groups in total. The normalized spacial score (nSPS) is 12.9. The second kappa shape index (κ2) is 6.11. The van der Waals surface area contributed by atoms with Crippen LogP contribution in [0.25, 0.3) is 0 Å². The van der Waals surface area contributed by atoms with Crippen LogP contribution in [0.2, 0.25) is 5.22 Å². The first-order chi connectivity index (χ1) is 9.08. The quantitative estimate of drug-likeness (QED) is 0.896. The van der Waals surface area contributed by atoms with Crippen molar-refractivity contribution in [3.63, 3.8) is 0 Å². The molecule has 0 spiro atoms. The van der Waals surface area contributed by atoms with Crippen LogP contribution in [-0.2, 0) is 19.4 Å². The van der Waals surface area contributed by atoms with Gasteiger partial charge in [-0.05, 0) is 46.9 Å². The van der Waals surface area contributed by atoms with Gasteiger partial charge in [-0.2, -0.15) is 5.10 Å². The second-order valence-corrected chi connectivity index (χ2v) is 5.38. The molecule has 0 saturated carbocycles. The van der Waals surface area contributed by atoms with Gasteiger partial charge in [0, 0.05) is 18.5 Å². The predicted molar refractivity (Wildman–Crippen MR) is 77.4 cm³/mol. The van der Waals surface area contributed by atoms with Gasteiger partial charge >= 0.3 is 0 Å². The Morgan fingerprint density at radius 3 is 2.79 bits per heavy atom. The van der Waals surface area contributed by atoms with Crippen LogP contribution in [0.5, 0.6) is 0 Å². The third-order valence-electron chi connectivity index (χ3n) is 3.09. The summed E-state index contributed by atoms with van der Waals surface area (Å²) in [7, 11) is 0. The van der Waals surface area contributed by atoms with Crippen LogP contribution in [0, 0.1) is 0 Å². The molecule has 0 fully saturated rings. The zero-order valence-corrected chi connectivity index (χ0v) is 13.2. The van der Waals surface area contributed by atoms with Gasteiger partial charge < -0.3 is 9.52 Å². The van der Waals surface area contributed by atoms with E-state index in [0.717, 1.165) is 28.8 Å². The molecule has 0 aliphatic heterocycles. The lowest BCUT2D eigenvalue weighted by Crippen LogP contribution is -2.08. The Kier molecular flexibility index (Phi) is 4.71. The number of hydrogen-bond donors (Lipinski definition) is 1. The van der Waals surface area contributed by atoms with Gasteiger partial charge in [0.1, 0.15) is 0 Å². The molecule has 0 aliphatic carbocycles. The van der Waals surface area contributed by atoms with Crippen LogP contribution in [0.4, 0.5) is 0 Å². The van der Waals surface area contributed by atoms with Gasteiger partial charge in [0.25, 0.3) is 0 Å². The highest BCUT2D eigenvalue weighted by Crippen LogP contribution is 2.30. The van der Waals surface area contributed by atoms with Gasteiger partial charge in [0.15, 0.2) is 5.22 Å². The Morgan fingerprint density at radius 2 is 2.26 bits per heavy atom. The summed E-state index contributed by atoms with van der Waals surface area (Å²) in [6.45, 7) is 4.85. The molecule has 0 aliphatic rings. The first kappa shape index (κ1) is 14.6. The molecule has 0 amide bonds. The Labute approximate surface area is 125 Å². The van der Waals surface area contributed by atoms with E-state index in [1.165, 1.54) is 6.26 Å². The monoisotopic (exact) mass is 346 g/mol. The Morgan fingerprint density at radius 1 is 1.53 bits per heavy atom. The molecule has 0 saturated heterocycles. The van der Waals surface area contributed by atoms with Gasteiger partial charge in [-0.1, -0.05) is 6.92 Å². The lowest BCUT2D eigenvalue weighted by Gasteiger charge is -2.11. The van der Waals surface area contributed by atoms with E-state index in [2.05, 4.69) is 28.0 Å². The lowest BCUT2D eigenvalue weighted by molar-refractivity contribution is 0.174. The molecule has 1 unspecified atom stereocenters. The molecule has 19 heavy (non-hydrogen) atoms. The average Bonchev–Trinajstić information content (AvgIpc) is 2.95. The van der Waals surface area contributed by atoms with Crippen molar-refractivity contribution in [1.29, 1.82) is 0 Å². The van der Waals surface area contributed by atoms with E-state index in [-0.39, 0.29) is 5.22 Å². The number of nitrogens with zero attached hydrogens (tertiary/aromatic N) is 2. The summed E-state index contributed by atoms with van der Waals surface area (Å²) in [4.78, 5) is 0. The summed E-state index contributed by atoms with van der Waals surface area (Å²) < 4.78 is 7.88. The maximum Gasteiger partial charge on any atom is 0.198 e. The van der Waals surface area contributed by atoms with Crippen molar-refractivity contribution in [3.05, 3.63) is 39.0 Å². The molecule has 2 aromatic rings. The van der Waals surface area contributed by atoms with Crippen molar-refractivity contribution in [2.75, 3.05) is 0 Å². The fourth-order valence-corrected chi connectivity index (χ4v) is 3.01. The second-order valence-electron chi connectivity index (χ2n) is 4.25. The number of hydrogen-bond acceptors (Lipinski definition) is 3. The van der Waals surface area contributed by atoms with Crippen LogP contribution in [0.15, 0.2) is 21.2 Å². The Balaban J connectivity index is 2.28.